The molecule has 1 atom stereocenters. The Kier molecular flexibility index (Phi) is 5.11. The molecule has 0 aliphatic carbocycles. The maximum absolute atomic E-state index is 11.1. The van der Waals surface area contributed by atoms with Crippen LogP contribution in [-0.2, 0) is 16.6 Å². The second kappa shape index (κ2) is 6.14. The lowest BCUT2D eigenvalue weighted by atomic mass is 10.1. The van der Waals surface area contributed by atoms with Gasteiger partial charge in [0.2, 0.25) is 10.0 Å². The van der Waals surface area contributed by atoms with Gasteiger partial charge in [-0.1, -0.05) is 25.5 Å². The normalized spacial score (nSPS) is 13.6. The van der Waals surface area contributed by atoms with E-state index in [0.717, 1.165) is 24.9 Å². The van der Waals surface area contributed by atoms with Gasteiger partial charge in [0.1, 0.15) is 0 Å². The summed E-state index contributed by atoms with van der Waals surface area (Å²) in [6, 6.07) is 7.11. The Morgan fingerprint density at radius 1 is 1.29 bits per heavy atom. The zero-order chi connectivity index (χ0) is 12.9. The molecule has 0 aromatic heterocycles. The summed E-state index contributed by atoms with van der Waals surface area (Å²) in [5.41, 5.74) is 1.06. The van der Waals surface area contributed by atoms with Crippen LogP contribution >= 0.6 is 0 Å². The number of nitrogens with one attached hydrogen (secondary N) is 1. The molecule has 0 fully saturated rings. The van der Waals surface area contributed by atoms with Gasteiger partial charge in [-0.15, -0.1) is 0 Å². The first kappa shape index (κ1) is 14.2. The SMILES string of the molecule is CCCC(C)NCc1ccc(S(N)(=O)=O)cc1. The molecule has 96 valence electrons. The summed E-state index contributed by atoms with van der Waals surface area (Å²) in [6.45, 7) is 5.04. The van der Waals surface area contributed by atoms with E-state index in [0.29, 0.717) is 6.04 Å². The van der Waals surface area contributed by atoms with E-state index in [4.69, 9.17) is 5.14 Å². The van der Waals surface area contributed by atoms with Crippen LogP contribution in [0.1, 0.15) is 32.3 Å². The molecule has 0 saturated heterocycles. The standard InChI is InChI=1S/C12H20N2O2S/c1-3-4-10(2)14-9-11-5-7-12(8-6-11)17(13,15)16/h5-8,10,14H,3-4,9H2,1-2H3,(H2,13,15,16). The van der Waals surface area contributed by atoms with Crippen molar-refractivity contribution in [3.63, 3.8) is 0 Å². The van der Waals surface area contributed by atoms with Gasteiger partial charge in [-0.25, -0.2) is 13.6 Å². The number of hydrogen-bond acceptors (Lipinski definition) is 3. The average molecular weight is 256 g/mol. The van der Waals surface area contributed by atoms with E-state index in [1.807, 2.05) is 0 Å². The van der Waals surface area contributed by atoms with Gasteiger partial charge in [0, 0.05) is 12.6 Å². The highest BCUT2D eigenvalue weighted by atomic mass is 32.2. The maximum atomic E-state index is 11.1. The highest BCUT2D eigenvalue weighted by Gasteiger charge is 2.06. The van der Waals surface area contributed by atoms with Crippen molar-refractivity contribution < 1.29 is 8.42 Å². The van der Waals surface area contributed by atoms with Crippen LogP contribution < -0.4 is 10.5 Å². The molecule has 0 saturated carbocycles. The summed E-state index contributed by atoms with van der Waals surface area (Å²) >= 11 is 0. The van der Waals surface area contributed by atoms with E-state index >= 15 is 0 Å². The summed E-state index contributed by atoms with van der Waals surface area (Å²) < 4.78 is 22.1. The molecule has 0 aliphatic heterocycles. The van der Waals surface area contributed by atoms with Crippen LogP contribution in [0.2, 0.25) is 0 Å². The predicted molar refractivity (Wildman–Crippen MR) is 69.0 cm³/mol. The molecule has 3 N–H and O–H groups in total. The van der Waals surface area contributed by atoms with Gasteiger partial charge in [0.25, 0.3) is 0 Å². The number of nitrogens with two attached hydrogens (primary N) is 1. The molecular weight excluding hydrogens is 236 g/mol. The minimum absolute atomic E-state index is 0.155. The van der Waals surface area contributed by atoms with Crippen molar-refractivity contribution in [2.24, 2.45) is 5.14 Å². The van der Waals surface area contributed by atoms with Crippen molar-refractivity contribution in [3.05, 3.63) is 29.8 Å². The summed E-state index contributed by atoms with van der Waals surface area (Å²) in [5.74, 6) is 0. The molecule has 1 rings (SSSR count). The molecule has 0 heterocycles. The van der Waals surface area contributed by atoms with E-state index in [1.165, 1.54) is 12.1 Å². The molecule has 0 spiro atoms. The van der Waals surface area contributed by atoms with Crippen molar-refractivity contribution in [1.29, 1.82) is 0 Å². The highest BCUT2D eigenvalue weighted by Crippen LogP contribution is 2.09. The molecule has 1 unspecified atom stereocenters. The quantitative estimate of drug-likeness (QED) is 0.812. The summed E-state index contributed by atoms with van der Waals surface area (Å²) in [6.07, 6.45) is 2.29. The Labute approximate surface area is 103 Å². The lowest BCUT2D eigenvalue weighted by molar-refractivity contribution is 0.508. The van der Waals surface area contributed by atoms with Crippen molar-refractivity contribution in [2.75, 3.05) is 0 Å². The molecule has 0 bridgehead atoms. The lowest BCUT2D eigenvalue weighted by Crippen LogP contribution is -2.25. The molecule has 17 heavy (non-hydrogen) atoms. The Balaban J connectivity index is 2.57. The second-order valence-electron chi connectivity index (χ2n) is 4.26. The molecule has 0 radical (unpaired) electrons. The van der Waals surface area contributed by atoms with E-state index in [-0.39, 0.29) is 4.90 Å². The first-order valence-electron chi connectivity index (χ1n) is 5.78. The number of sulfonamides is 1. The van der Waals surface area contributed by atoms with Gasteiger partial charge in [-0.05, 0) is 31.0 Å². The first-order valence-corrected chi connectivity index (χ1v) is 7.33. The number of benzene rings is 1. The Morgan fingerprint density at radius 2 is 1.88 bits per heavy atom. The summed E-state index contributed by atoms with van der Waals surface area (Å²) in [7, 11) is -3.58. The van der Waals surface area contributed by atoms with Crippen molar-refractivity contribution in [3.8, 4) is 0 Å². The third kappa shape index (κ3) is 4.85. The smallest absolute Gasteiger partial charge is 0.238 e. The monoisotopic (exact) mass is 256 g/mol. The minimum Gasteiger partial charge on any atom is -0.310 e. The molecule has 0 aliphatic rings. The van der Waals surface area contributed by atoms with Crippen molar-refractivity contribution in [1.82, 2.24) is 5.32 Å². The van der Waals surface area contributed by atoms with Crippen molar-refractivity contribution >= 4 is 10.0 Å². The third-order valence-electron chi connectivity index (χ3n) is 2.63. The third-order valence-corrected chi connectivity index (χ3v) is 3.56. The molecule has 4 nitrogen and oxygen atoms in total. The fourth-order valence-electron chi connectivity index (χ4n) is 1.62. The van der Waals surface area contributed by atoms with Gasteiger partial charge in [-0.3, -0.25) is 0 Å². The molecule has 0 amide bonds. The van der Waals surface area contributed by atoms with Crippen LogP contribution in [0.5, 0.6) is 0 Å². The largest absolute Gasteiger partial charge is 0.310 e. The molecule has 1 aromatic rings. The van der Waals surface area contributed by atoms with Gasteiger partial charge >= 0.3 is 0 Å². The number of primary sulfonamides is 1. The van der Waals surface area contributed by atoms with Crippen LogP contribution in [-0.4, -0.2) is 14.5 Å². The van der Waals surface area contributed by atoms with Crippen LogP contribution in [0.4, 0.5) is 0 Å². The number of hydrogen-bond donors (Lipinski definition) is 2. The molecule has 5 heteroatoms. The predicted octanol–water partition coefficient (Wildman–Crippen LogP) is 1.61. The first-order chi connectivity index (χ1) is 7.93. The van der Waals surface area contributed by atoms with Gasteiger partial charge in [-0.2, -0.15) is 0 Å². The lowest BCUT2D eigenvalue weighted by Gasteiger charge is -2.12. The number of rotatable bonds is 6. The second-order valence-corrected chi connectivity index (χ2v) is 5.82. The molecular formula is C12H20N2O2S. The van der Waals surface area contributed by atoms with Crippen LogP contribution in [0.25, 0.3) is 0 Å². The van der Waals surface area contributed by atoms with E-state index in [2.05, 4.69) is 19.2 Å². The maximum Gasteiger partial charge on any atom is 0.238 e. The minimum atomic E-state index is -3.58. The van der Waals surface area contributed by atoms with Crippen molar-refractivity contribution in [2.45, 2.75) is 44.2 Å². The van der Waals surface area contributed by atoms with Gasteiger partial charge in [0.15, 0.2) is 0 Å². The van der Waals surface area contributed by atoms with E-state index in [1.54, 1.807) is 12.1 Å². The Morgan fingerprint density at radius 3 is 2.35 bits per heavy atom. The zero-order valence-electron chi connectivity index (χ0n) is 10.3. The van der Waals surface area contributed by atoms with Crippen LogP contribution in [0.15, 0.2) is 29.2 Å². The topological polar surface area (TPSA) is 72.2 Å². The van der Waals surface area contributed by atoms with Gasteiger partial charge < -0.3 is 5.32 Å². The summed E-state index contributed by atoms with van der Waals surface area (Å²) in [5, 5.41) is 8.40. The van der Waals surface area contributed by atoms with E-state index < -0.39 is 10.0 Å². The Bertz CT molecular complexity index is 440. The van der Waals surface area contributed by atoms with Crippen LogP contribution in [0, 0.1) is 0 Å². The fourth-order valence-corrected chi connectivity index (χ4v) is 2.14. The van der Waals surface area contributed by atoms with E-state index in [9.17, 15) is 8.42 Å². The van der Waals surface area contributed by atoms with Gasteiger partial charge in [0.05, 0.1) is 4.90 Å². The zero-order valence-corrected chi connectivity index (χ0v) is 11.1. The average Bonchev–Trinajstić information content (AvgIpc) is 2.26. The fraction of sp³-hybridized carbons (Fsp3) is 0.500. The van der Waals surface area contributed by atoms with Crippen LogP contribution in [0.3, 0.4) is 0 Å². The summed E-state index contributed by atoms with van der Waals surface area (Å²) in [4.78, 5) is 0.155. The highest BCUT2D eigenvalue weighted by molar-refractivity contribution is 7.89. The molecule has 1 aromatic carbocycles. The Hall–Kier alpha value is -0.910.